The van der Waals surface area contributed by atoms with Gasteiger partial charge in [-0.1, -0.05) is 22.9 Å². The van der Waals surface area contributed by atoms with E-state index in [4.69, 9.17) is 9.84 Å². The molecule has 3 aromatic heterocycles. The molecular weight excluding hydrogens is 498 g/mol. The fourth-order valence-corrected chi connectivity index (χ4v) is 4.39. The summed E-state index contributed by atoms with van der Waals surface area (Å²) in [6.45, 7) is 4.41. The Morgan fingerprint density at radius 1 is 1.21 bits per heavy atom. The van der Waals surface area contributed by atoms with Crippen molar-refractivity contribution in [3.05, 3.63) is 52.0 Å². The summed E-state index contributed by atoms with van der Waals surface area (Å²) in [5.74, 6) is -0.127. The van der Waals surface area contributed by atoms with Crippen LogP contribution in [-0.2, 0) is 27.7 Å². The molecule has 0 radical (unpaired) electrons. The molecule has 0 aromatic carbocycles. The van der Waals surface area contributed by atoms with Gasteiger partial charge in [0.2, 0.25) is 0 Å². The lowest BCUT2D eigenvalue weighted by Crippen LogP contribution is -2.08. The Labute approximate surface area is 188 Å². The lowest BCUT2D eigenvalue weighted by Gasteiger charge is -2.16. The largest absolute Gasteiger partial charge is 0.466 e. The normalized spacial score (nSPS) is 11.2. The number of nitrogens with zero attached hydrogens (tertiary/aromatic N) is 3. The molecule has 0 saturated heterocycles. The summed E-state index contributed by atoms with van der Waals surface area (Å²) in [6, 6.07) is 6.38. The number of carbonyl (C=O) groups is 1. The second-order valence-corrected chi connectivity index (χ2v) is 8.29. The van der Waals surface area contributed by atoms with Crippen molar-refractivity contribution in [3.63, 3.8) is 0 Å². The molecule has 0 bridgehead atoms. The first-order valence-corrected chi connectivity index (χ1v) is 11.8. The van der Waals surface area contributed by atoms with E-state index in [1.54, 1.807) is 6.20 Å². The predicted octanol–water partition coefficient (Wildman–Crippen LogP) is 5.89. The fraction of sp³-hybridized carbons (Fsp3) is 0.409. The minimum absolute atomic E-state index is 0.127. The number of hydrogen-bond donors (Lipinski definition) is 0. The summed E-state index contributed by atoms with van der Waals surface area (Å²) in [4.78, 5) is 16.0. The van der Waals surface area contributed by atoms with Crippen LogP contribution in [-0.4, -0.2) is 27.2 Å². The smallest absolute Gasteiger partial charge is 0.305 e. The maximum atomic E-state index is 11.7. The van der Waals surface area contributed by atoms with Gasteiger partial charge in [0.25, 0.3) is 0 Å². The lowest BCUT2D eigenvalue weighted by molar-refractivity contribution is -0.143. The Kier molecular flexibility index (Phi) is 7.84. The number of halogens is 2. The molecular formula is C22H25Br2N3O2. The maximum Gasteiger partial charge on any atom is 0.305 e. The number of hydrogen-bond acceptors (Lipinski definition) is 4. The number of carbonyl (C=O) groups excluding carboxylic acids is 1. The SMILES string of the molecule is CCOC(=O)CCCCc1c(CBr)nn2c(CC)ccc2c1-c1cncc(Br)c1. The molecule has 3 heterocycles. The van der Waals surface area contributed by atoms with Gasteiger partial charge in [-0.2, -0.15) is 5.10 Å². The second-order valence-electron chi connectivity index (χ2n) is 6.81. The van der Waals surface area contributed by atoms with E-state index in [0.717, 1.165) is 46.9 Å². The molecule has 0 aliphatic heterocycles. The van der Waals surface area contributed by atoms with Gasteiger partial charge < -0.3 is 4.74 Å². The molecule has 0 spiro atoms. The van der Waals surface area contributed by atoms with Crippen molar-refractivity contribution in [2.24, 2.45) is 0 Å². The Balaban J connectivity index is 2.02. The van der Waals surface area contributed by atoms with Gasteiger partial charge in [-0.25, -0.2) is 4.52 Å². The van der Waals surface area contributed by atoms with Crippen LogP contribution >= 0.6 is 31.9 Å². The third kappa shape index (κ3) is 5.07. The molecule has 29 heavy (non-hydrogen) atoms. The minimum Gasteiger partial charge on any atom is -0.466 e. The molecule has 154 valence electrons. The Hall–Kier alpha value is -1.73. The molecule has 0 saturated carbocycles. The molecule has 3 aromatic rings. The Morgan fingerprint density at radius 3 is 2.72 bits per heavy atom. The van der Waals surface area contributed by atoms with Crippen molar-refractivity contribution >= 4 is 43.3 Å². The first kappa shape index (κ1) is 22.0. The van der Waals surface area contributed by atoms with E-state index in [2.05, 4.69) is 66.5 Å². The van der Waals surface area contributed by atoms with Crippen molar-refractivity contribution in [1.82, 2.24) is 14.6 Å². The van der Waals surface area contributed by atoms with Crippen LogP contribution in [0.2, 0.25) is 0 Å². The van der Waals surface area contributed by atoms with Crippen molar-refractivity contribution in [1.29, 1.82) is 0 Å². The van der Waals surface area contributed by atoms with Crippen molar-refractivity contribution in [2.75, 3.05) is 6.61 Å². The highest BCUT2D eigenvalue weighted by Crippen LogP contribution is 2.34. The van der Waals surface area contributed by atoms with Gasteiger partial charge in [-0.15, -0.1) is 0 Å². The zero-order valence-corrected chi connectivity index (χ0v) is 19.9. The zero-order valence-electron chi connectivity index (χ0n) is 16.8. The van der Waals surface area contributed by atoms with Gasteiger partial charge in [-0.05, 0) is 72.3 Å². The highest BCUT2D eigenvalue weighted by atomic mass is 79.9. The van der Waals surface area contributed by atoms with Crippen molar-refractivity contribution < 1.29 is 9.53 Å². The Bertz CT molecular complexity index is 1000. The number of alkyl halides is 1. The van der Waals surface area contributed by atoms with E-state index in [-0.39, 0.29) is 5.97 Å². The number of fused-ring (bicyclic) bond motifs is 1. The van der Waals surface area contributed by atoms with Crippen LogP contribution in [0.4, 0.5) is 0 Å². The van der Waals surface area contributed by atoms with Gasteiger partial charge in [-0.3, -0.25) is 9.78 Å². The van der Waals surface area contributed by atoms with E-state index < -0.39 is 0 Å². The van der Waals surface area contributed by atoms with Crippen LogP contribution in [0.3, 0.4) is 0 Å². The predicted molar refractivity (Wildman–Crippen MR) is 122 cm³/mol. The van der Waals surface area contributed by atoms with Gasteiger partial charge in [0.15, 0.2) is 0 Å². The quantitative estimate of drug-likeness (QED) is 0.199. The molecule has 0 aliphatic carbocycles. The summed E-state index contributed by atoms with van der Waals surface area (Å²) in [6.07, 6.45) is 7.60. The first-order chi connectivity index (χ1) is 14.1. The van der Waals surface area contributed by atoms with Gasteiger partial charge in [0, 0.05) is 45.4 Å². The fourth-order valence-electron chi connectivity index (χ4n) is 3.58. The van der Waals surface area contributed by atoms with Gasteiger partial charge in [0.05, 0.1) is 17.8 Å². The van der Waals surface area contributed by atoms with Crippen LogP contribution in [0.15, 0.2) is 35.1 Å². The molecule has 7 heteroatoms. The molecule has 0 fully saturated rings. The zero-order chi connectivity index (χ0) is 20.8. The summed E-state index contributed by atoms with van der Waals surface area (Å²) in [5, 5.41) is 5.59. The molecule has 3 rings (SSSR count). The van der Waals surface area contributed by atoms with Gasteiger partial charge >= 0.3 is 5.97 Å². The second kappa shape index (κ2) is 10.3. The summed E-state index contributed by atoms with van der Waals surface area (Å²) < 4.78 is 8.04. The molecule has 0 unspecified atom stereocenters. The van der Waals surface area contributed by atoms with E-state index in [1.807, 2.05) is 13.1 Å². The van der Waals surface area contributed by atoms with Crippen LogP contribution in [0.25, 0.3) is 16.6 Å². The van der Waals surface area contributed by atoms with Crippen molar-refractivity contribution in [2.45, 2.75) is 51.3 Å². The number of pyridine rings is 1. The Morgan fingerprint density at radius 2 is 2.03 bits per heavy atom. The summed E-state index contributed by atoms with van der Waals surface area (Å²) in [7, 11) is 0. The molecule has 0 amide bonds. The van der Waals surface area contributed by atoms with Gasteiger partial charge in [0.1, 0.15) is 0 Å². The number of ether oxygens (including phenoxy) is 1. The first-order valence-electron chi connectivity index (χ1n) is 9.93. The van der Waals surface area contributed by atoms with E-state index >= 15 is 0 Å². The minimum atomic E-state index is -0.127. The third-order valence-electron chi connectivity index (χ3n) is 4.91. The maximum absolute atomic E-state index is 11.7. The monoisotopic (exact) mass is 521 g/mol. The number of aryl methyl sites for hydroxylation is 1. The average Bonchev–Trinajstić information content (AvgIpc) is 3.13. The topological polar surface area (TPSA) is 56.5 Å². The number of esters is 1. The third-order valence-corrected chi connectivity index (χ3v) is 5.87. The average molecular weight is 523 g/mol. The number of unbranched alkanes of at least 4 members (excludes halogenated alkanes) is 1. The molecule has 5 nitrogen and oxygen atoms in total. The molecule has 0 aliphatic rings. The van der Waals surface area contributed by atoms with Crippen LogP contribution in [0, 0.1) is 0 Å². The van der Waals surface area contributed by atoms with E-state index in [9.17, 15) is 4.79 Å². The number of aromatic nitrogens is 3. The summed E-state index contributed by atoms with van der Waals surface area (Å²) in [5.41, 5.74) is 6.73. The summed E-state index contributed by atoms with van der Waals surface area (Å²) >= 11 is 7.18. The molecule has 0 N–H and O–H groups in total. The van der Waals surface area contributed by atoms with Crippen LogP contribution in [0.1, 0.15) is 50.1 Å². The van der Waals surface area contributed by atoms with Crippen LogP contribution in [0.5, 0.6) is 0 Å². The lowest BCUT2D eigenvalue weighted by atomic mass is 9.95. The highest BCUT2D eigenvalue weighted by molar-refractivity contribution is 9.10. The van der Waals surface area contributed by atoms with E-state index in [0.29, 0.717) is 18.4 Å². The van der Waals surface area contributed by atoms with Crippen LogP contribution < -0.4 is 0 Å². The molecule has 0 atom stereocenters. The standard InChI is InChI=1S/C22H25Br2N3O2/c1-3-17-9-10-20-22(15-11-16(24)14-25-13-15)18(19(12-23)26-27(17)20)7-5-6-8-21(28)29-4-2/h9-11,13-14H,3-8,12H2,1-2H3. The van der Waals surface area contributed by atoms with E-state index in [1.165, 1.54) is 16.8 Å². The van der Waals surface area contributed by atoms with Crippen molar-refractivity contribution in [3.8, 4) is 11.1 Å². The highest BCUT2D eigenvalue weighted by Gasteiger charge is 2.18. The number of rotatable bonds is 9.